The van der Waals surface area contributed by atoms with Crippen LogP contribution in [0.3, 0.4) is 0 Å². The molecule has 0 radical (unpaired) electrons. The Labute approximate surface area is 95.8 Å². The molecule has 1 rings (SSSR count). The summed E-state index contributed by atoms with van der Waals surface area (Å²) in [5.74, 6) is 1.62. The third-order valence-electron chi connectivity index (χ3n) is 2.88. The van der Waals surface area contributed by atoms with Gasteiger partial charge in [0.25, 0.3) is 0 Å². The molecule has 0 aliphatic heterocycles. The summed E-state index contributed by atoms with van der Waals surface area (Å²) in [6.45, 7) is 4.35. The third kappa shape index (κ3) is 3.68. The number of aliphatic carboxylic acids is 1. The van der Waals surface area contributed by atoms with Crippen LogP contribution in [-0.4, -0.2) is 28.1 Å². The topological polar surface area (TPSA) is 63.3 Å². The Morgan fingerprint density at radius 3 is 2.60 bits per heavy atom. The molecular weight excluding hydrogens is 210 g/mol. The van der Waals surface area contributed by atoms with E-state index >= 15 is 0 Å². The summed E-state index contributed by atoms with van der Waals surface area (Å²) in [7, 11) is 0. The van der Waals surface area contributed by atoms with Crippen LogP contribution in [0.5, 0.6) is 0 Å². The summed E-state index contributed by atoms with van der Waals surface area (Å²) >= 11 is 1.68. The van der Waals surface area contributed by atoms with E-state index in [1.54, 1.807) is 11.8 Å². The minimum Gasteiger partial charge on any atom is -0.480 e. The number of carboxylic acids is 1. The van der Waals surface area contributed by atoms with Gasteiger partial charge in [0, 0.05) is 5.75 Å². The van der Waals surface area contributed by atoms with Crippen molar-refractivity contribution in [3.8, 4) is 0 Å². The van der Waals surface area contributed by atoms with Crippen LogP contribution >= 0.6 is 11.8 Å². The van der Waals surface area contributed by atoms with Gasteiger partial charge in [0.05, 0.1) is 0 Å². The molecule has 3 nitrogen and oxygen atoms in total. The van der Waals surface area contributed by atoms with Gasteiger partial charge in [-0.15, -0.1) is 0 Å². The van der Waals surface area contributed by atoms with Crippen LogP contribution in [0.15, 0.2) is 0 Å². The Morgan fingerprint density at radius 1 is 1.60 bits per heavy atom. The smallest absolute Gasteiger partial charge is 0.324 e. The molecule has 0 saturated heterocycles. The maximum Gasteiger partial charge on any atom is 0.324 e. The van der Waals surface area contributed by atoms with E-state index in [0.29, 0.717) is 11.7 Å². The molecule has 0 spiro atoms. The Hall–Kier alpha value is -0.220. The van der Waals surface area contributed by atoms with Gasteiger partial charge in [-0.25, -0.2) is 0 Å². The quantitative estimate of drug-likeness (QED) is 0.657. The van der Waals surface area contributed by atoms with Gasteiger partial charge in [0.15, 0.2) is 0 Å². The molecule has 15 heavy (non-hydrogen) atoms. The van der Waals surface area contributed by atoms with Crippen molar-refractivity contribution in [3.63, 3.8) is 0 Å². The fourth-order valence-electron chi connectivity index (χ4n) is 1.51. The predicted molar refractivity (Wildman–Crippen MR) is 64.1 cm³/mol. The predicted octanol–water partition coefficient (Wildman–Crippen LogP) is 1.96. The normalized spacial score (nSPS) is 20.3. The Bertz CT molecular complexity index is 229. The molecule has 1 saturated carbocycles. The van der Waals surface area contributed by atoms with Crippen LogP contribution in [0, 0.1) is 11.8 Å². The van der Waals surface area contributed by atoms with Gasteiger partial charge < -0.3 is 10.8 Å². The molecule has 3 N–H and O–H groups in total. The Morgan fingerprint density at radius 2 is 2.20 bits per heavy atom. The number of carboxylic acid groups (broad SMARTS) is 1. The SMILES string of the molecule is CC(C)CCSCC(N)(C(=O)O)C1CC1. The van der Waals surface area contributed by atoms with Gasteiger partial charge >= 0.3 is 5.97 Å². The van der Waals surface area contributed by atoms with Crippen molar-refractivity contribution in [1.29, 1.82) is 0 Å². The number of carbonyl (C=O) groups is 1. The maximum absolute atomic E-state index is 11.1. The van der Waals surface area contributed by atoms with Gasteiger partial charge in [0.1, 0.15) is 5.54 Å². The van der Waals surface area contributed by atoms with E-state index in [9.17, 15) is 4.79 Å². The van der Waals surface area contributed by atoms with E-state index in [-0.39, 0.29) is 5.92 Å². The van der Waals surface area contributed by atoms with Gasteiger partial charge in [-0.3, -0.25) is 4.79 Å². The summed E-state index contributed by atoms with van der Waals surface area (Å²) in [6, 6.07) is 0. The van der Waals surface area contributed by atoms with Crippen molar-refractivity contribution in [2.45, 2.75) is 38.6 Å². The van der Waals surface area contributed by atoms with E-state index in [0.717, 1.165) is 25.0 Å². The molecule has 1 unspecified atom stereocenters. The van der Waals surface area contributed by atoms with Gasteiger partial charge in [-0.05, 0) is 36.9 Å². The minimum absolute atomic E-state index is 0.210. The lowest BCUT2D eigenvalue weighted by Gasteiger charge is -2.24. The van der Waals surface area contributed by atoms with Gasteiger partial charge in [-0.1, -0.05) is 13.8 Å². The van der Waals surface area contributed by atoms with Crippen LogP contribution in [0.4, 0.5) is 0 Å². The molecule has 1 aliphatic carbocycles. The highest BCUT2D eigenvalue weighted by Gasteiger charge is 2.47. The van der Waals surface area contributed by atoms with Crippen LogP contribution in [0.25, 0.3) is 0 Å². The second-order valence-corrected chi connectivity index (χ2v) is 5.96. The van der Waals surface area contributed by atoms with E-state index < -0.39 is 11.5 Å². The zero-order chi connectivity index (χ0) is 11.5. The van der Waals surface area contributed by atoms with E-state index in [4.69, 9.17) is 10.8 Å². The molecule has 0 amide bonds. The monoisotopic (exact) mass is 231 g/mol. The van der Waals surface area contributed by atoms with Gasteiger partial charge in [0.2, 0.25) is 0 Å². The first-order valence-electron chi connectivity index (χ1n) is 5.57. The Balaban J connectivity index is 2.30. The van der Waals surface area contributed by atoms with E-state index in [1.807, 2.05) is 0 Å². The van der Waals surface area contributed by atoms with Crippen LogP contribution in [-0.2, 0) is 4.79 Å². The average Bonchev–Trinajstić information content (AvgIpc) is 2.94. The molecule has 0 aromatic rings. The van der Waals surface area contributed by atoms with E-state index in [1.165, 1.54) is 0 Å². The zero-order valence-corrected chi connectivity index (χ0v) is 10.3. The maximum atomic E-state index is 11.1. The number of rotatable bonds is 7. The fourth-order valence-corrected chi connectivity index (χ4v) is 2.99. The lowest BCUT2D eigenvalue weighted by atomic mass is 9.98. The van der Waals surface area contributed by atoms with Gasteiger partial charge in [-0.2, -0.15) is 11.8 Å². The highest BCUT2D eigenvalue weighted by Crippen LogP contribution is 2.40. The number of hydrogen-bond donors (Lipinski definition) is 2. The fraction of sp³-hybridized carbons (Fsp3) is 0.909. The summed E-state index contributed by atoms with van der Waals surface area (Å²) < 4.78 is 0. The minimum atomic E-state index is -0.971. The van der Waals surface area contributed by atoms with Crippen molar-refractivity contribution in [2.24, 2.45) is 17.6 Å². The number of hydrogen-bond acceptors (Lipinski definition) is 3. The molecule has 1 atom stereocenters. The molecule has 1 aliphatic rings. The molecule has 0 heterocycles. The largest absolute Gasteiger partial charge is 0.480 e. The molecule has 0 bridgehead atoms. The third-order valence-corrected chi connectivity index (χ3v) is 4.09. The highest BCUT2D eigenvalue weighted by atomic mass is 32.2. The van der Waals surface area contributed by atoms with Crippen LogP contribution in [0.2, 0.25) is 0 Å². The molecule has 0 aromatic heterocycles. The van der Waals surface area contributed by atoms with Crippen molar-refractivity contribution in [2.75, 3.05) is 11.5 Å². The highest BCUT2D eigenvalue weighted by molar-refractivity contribution is 7.99. The van der Waals surface area contributed by atoms with Crippen LogP contribution < -0.4 is 5.73 Å². The second-order valence-electron chi connectivity index (χ2n) is 4.85. The zero-order valence-electron chi connectivity index (χ0n) is 9.53. The number of nitrogens with two attached hydrogens (primary N) is 1. The standard InChI is InChI=1S/C11H21NO2S/c1-8(2)5-6-15-7-11(12,10(13)14)9-3-4-9/h8-9H,3-7,12H2,1-2H3,(H,13,14). The van der Waals surface area contributed by atoms with Crippen LogP contribution in [0.1, 0.15) is 33.1 Å². The van der Waals surface area contributed by atoms with Crippen molar-refractivity contribution in [3.05, 3.63) is 0 Å². The summed E-state index contributed by atoms with van der Waals surface area (Å²) in [6.07, 6.45) is 3.09. The van der Waals surface area contributed by atoms with E-state index in [2.05, 4.69) is 13.8 Å². The first-order valence-corrected chi connectivity index (χ1v) is 6.72. The lowest BCUT2D eigenvalue weighted by Crippen LogP contribution is -2.52. The average molecular weight is 231 g/mol. The first-order chi connectivity index (χ1) is 6.97. The Kier molecular flexibility index (Phi) is 4.46. The van der Waals surface area contributed by atoms with Crippen molar-refractivity contribution in [1.82, 2.24) is 0 Å². The van der Waals surface area contributed by atoms with Crippen molar-refractivity contribution < 1.29 is 9.90 Å². The lowest BCUT2D eigenvalue weighted by molar-refractivity contribution is -0.143. The number of thioether (sulfide) groups is 1. The molecule has 1 fully saturated rings. The first kappa shape index (κ1) is 12.8. The van der Waals surface area contributed by atoms with Crippen molar-refractivity contribution >= 4 is 17.7 Å². The second kappa shape index (κ2) is 5.21. The molecular formula is C11H21NO2S. The molecule has 4 heteroatoms. The summed E-state index contributed by atoms with van der Waals surface area (Å²) in [5, 5.41) is 9.11. The summed E-state index contributed by atoms with van der Waals surface area (Å²) in [4.78, 5) is 11.1. The summed E-state index contributed by atoms with van der Waals surface area (Å²) in [5.41, 5.74) is 4.97. The molecule has 88 valence electrons. The molecule has 0 aromatic carbocycles.